The molecular weight excluding hydrogens is 396 g/mol. The molecule has 1 saturated heterocycles. The van der Waals surface area contributed by atoms with Crippen LogP contribution in [0, 0.1) is 0 Å². The number of aromatic nitrogens is 2. The van der Waals surface area contributed by atoms with E-state index < -0.39 is 0 Å². The Bertz CT molecular complexity index is 858. The van der Waals surface area contributed by atoms with E-state index in [0.29, 0.717) is 10.8 Å². The lowest BCUT2D eigenvalue weighted by Gasteiger charge is -2.16. The molecule has 1 aliphatic heterocycles. The standard InChI is InChI=1S/C13H17N3O2S.C10H13N/c1-18-9-3-2-7-16-8-4-5-11(16)12(17)15-13-14-6-10-19-13;1-2-6-10(7-3-1)11-8-4-5-9-11/h4-6,8,10H,2-3,7,9H2,1H3,(H,14,15,17);1-3,6-7H,4-5,8-9H2. The Morgan fingerprint density at radius 2 is 1.93 bits per heavy atom. The lowest BCUT2D eigenvalue weighted by Crippen LogP contribution is -2.16. The zero-order valence-corrected chi connectivity index (χ0v) is 18.3. The van der Waals surface area contributed by atoms with Gasteiger partial charge in [0.15, 0.2) is 5.13 Å². The maximum absolute atomic E-state index is 12.1. The number of aryl methyl sites for hydroxylation is 1. The molecule has 30 heavy (non-hydrogen) atoms. The van der Waals surface area contributed by atoms with Crippen molar-refractivity contribution in [2.75, 3.05) is 37.0 Å². The summed E-state index contributed by atoms with van der Waals surface area (Å²) < 4.78 is 6.97. The van der Waals surface area contributed by atoms with Crippen LogP contribution in [0.25, 0.3) is 0 Å². The average Bonchev–Trinajstić information content (AvgIpc) is 3.55. The van der Waals surface area contributed by atoms with E-state index >= 15 is 0 Å². The van der Waals surface area contributed by atoms with Crippen molar-refractivity contribution in [3.05, 3.63) is 65.9 Å². The van der Waals surface area contributed by atoms with Crippen LogP contribution in [0.5, 0.6) is 0 Å². The Morgan fingerprint density at radius 3 is 2.63 bits per heavy atom. The van der Waals surface area contributed by atoms with Crippen molar-refractivity contribution in [3.63, 3.8) is 0 Å². The first-order valence-electron chi connectivity index (χ1n) is 10.4. The van der Waals surface area contributed by atoms with Gasteiger partial charge in [0.2, 0.25) is 0 Å². The van der Waals surface area contributed by atoms with Crippen LogP contribution < -0.4 is 10.2 Å². The topological polar surface area (TPSA) is 59.4 Å². The van der Waals surface area contributed by atoms with E-state index in [1.54, 1.807) is 13.3 Å². The zero-order chi connectivity index (χ0) is 21.0. The predicted molar refractivity (Wildman–Crippen MR) is 123 cm³/mol. The van der Waals surface area contributed by atoms with Gasteiger partial charge in [0, 0.05) is 56.8 Å². The van der Waals surface area contributed by atoms with Crippen LogP contribution in [0.1, 0.15) is 36.2 Å². The Labute approximate surface area is 182 Å². The van der Waals surface area contributed by atoms with Crippen LogP contribution in [-0.4, -0.2) is 42.3 Å². The van der Waals surface area contributed by atoms with Crippen molar-refractivity contribution < 1.29 is 9.53 Å². The highest BCUT2D eigenvalue weighted by atomic mass is 32.1. The second-order valence-electron chi connectivity index (χ2n) is 7.11. The number of ether oxygens (including phenoxy) is 1. The molecule has 3 heterocycles. The number of nitrogens with one attached hydrogen (secondary N) is 1. The van der Waals surface area contributed by atoms with Crippen LogP contribution in [0.4, 0.5) is 10.8 Å². The number of nitrogens with zero attached hydrogens (tertiary/aromatic N) is 3. The summed E-state index contributed by atoms with van der Waals surface area (Å²) in [5.41, 5.74) is 2.04. The number of anilines is 2. The number of unbranched alkanes of at least 4 members (excludes halogenated alkanes) is 1. The fraction of sp³-hybridized carbons (Fsp3) is 0.391. The van der Waals surface area contributed by atoms with Crippen LogP contribution in [0.15, 0.2) is 60.2 Å². The molecule has 1 N–H and O–H groups in total. The molecule has 1 aliphatic rings. The van der Waals surface area contributed by atoms with Gasteiger partial charge in [-0.2, -0.15) is 0 Å². The molecule has 3 aromatic rings. The van der Waals surface area contributed by atoms with Gasteiger partial charge in [-0.3, -0.25) is 10.1 Å². The summed E-state index contributed by atoms with van der Waals surface area (Å²) in [6, 6.07) is 14.4. The van der Waals surface area contributed by atoms with E-state index in [4.69, 9.17) is 4.74 Å². The maximum atomic E-state index is 12.1. The van der Waals surface area contributed by atoms with Crippen molar-refractivity contribution in [1.82, 2.24) is 9.55 Å². The molecule has 160 valence electrons. The number of methoxy groups -OCH3 is 1. The smallest absolute Gasteiger partial charge is 0.274 e. The van der Waals surface area contributed by atoms with E-state index in [9.17, 15) is 4.79 Å². The fourth-order valence-electron chi connectivity index (χ4n) is 3.40. The summed E-state index contributed by atoms with van der Waals surface area (Å²) in [5.74, 6) is -0.119. The lowest BCUT2D eigenvalue weighted by atomic mass is 10.3. The van der Waals surface area contributed by atoms with E-state index in [1.165, 1.54) is 43.0 Å². The second kappa shape index (κ2) is 12.1. The first-order valence-corrected chi connectivity index (χ1v) is 11.3. The van der Waals surface area contributed by atoms with Crippen molar-refractivity contribution >= 4 is 28.1 Å². The van der Waals surface area contributed by atoms with Gasteiger partial charge in [0.05, 0.1) is 0 Å². The normalized spacial score (nSPS) is 13.0. The molecule has 1 fully saturated rings. The van der Waals surface area contributed by atoms with Gasteiger partial charge in [-0.25, -0.2) is 4.98 Å². The van der Waals surface area contributed by atoms with Gasteiger partial charge < -0.3 is 14.2 Å². The van der Waals surface area contributed by atoms with Crippen molar-refractivity contribution in [1.29, 1.82) is 0 Å². The molecule has 0 unspecified atom stereocenters. The largest absolute Gasteiger partial charge is 0.385 e. The fourth-order valence-corrected chi connectivity index (χ4v) is 3.93. The molecule has 0 spiro atoms. The monoisotopic (exact) mass is 426 g/mol. The van der Waals surface area contributed by atoms with Crippen LogP contribution in [0.3, 0.4) is 0 Å². The van der Waals surface area contributed by atoms with Gasteiger partial charge in [-0.15, -0.1) is 11.3 Å². The molecule has 0 bridgehead atoms. The van der Waals surface area contributed by atoms with Gasteiger partial charge in [0.1, 0.15) is 5.69 Å². The van der Waals surface area contributed by atoms with Crippen LogP contribution >= 0.6 is 11.3 Å². The second-order valence-corrected chi connectivity index (χ2v) is 8.00. The highest BCUT2D eigenvalue weighted by molar-refractivity contribution is 7.13. The summed E-state index contributed by atoms with van der Waals surface area (Å²) in [7, 11) is 1.70. The lowest BCUT2D eigenvalue weighted by molar-refractivity contribution is 0.101. The number of para-hydroxylation sites is 1. The Hall–Kier alpha value is -2.64. The third-order valence-corrected chi connectivity index (χ3v) is 5.63. The Balaban J connectivity index is 0.000000196. The summed E-state index contributed by atoms with van der Waals surface area (Å²) in [6.07, 6.45) is 8.28. The molecule has 1 aromatic carbocycles. The summed E-state index contributed by atoms with van der Waals surface area (Å²) in [5, 5.41) is 5.24. The van der Waals surface area contributed by atoms with Gasteiger partial charge >= 0.3 is 0 Å². The number of carbonyl (C=O) groups is 1. The van der Waals surface area contributed by atoms with Gasteiger partial charge in [-0.1, -0.05) is 18.2 Å². The number of thiazole rings is 1. The van der Waals surface area contributed by atoms with Crippen molar-refractivity contribution in [3.8, 4) is 0 Å². The van der Waals surface area contributed by atoms with Crippen LogP contribution in [0.2, 0.25) is 0 Å². The van der Waals surface area contributed by atoms with E-state index in [-0.39, 0.29) is 5.91 Å². The first-order chi connectivity index (χ1) is 14.8. The Kier molecular flexibility index (Phi) is 8.93. The number of hydrogen-bond acceptors (Lipinski definition) is 5. The van der Waals surface area contributed by atoms with Crippen LogP contribution in [-0.2, 0) is 11.3 Å². The number of carbonyl (C=O) groups excluding carboxylic acids is 1. The average molecular weight is 427 g/mol. The molecule has 2 aromatic heterocycles. The quantitative estimate of drug-likeness (QED) is 0.520. The third kappa shape index (κ3) is 6.71. The molecule has 0 atom stereocenters. The number of benzene rings is 1. The zero-order valence-electron chi connectivity index (χ0n) is 17.5. The molecule has 4 rings (SSSR count). The molecule has 7 heteroatoms. The van der Waals surface area contributed by atoms with Crippen molar-refractivity contribution in [2.24, 2.45) is 0 Å². The van der Waals surface area contributed by atoms with Crippen molar-refractivity contribution in [2.45, 2.75) is 32.2 Å². The minimum Gasteiger partial charge on any atom is -0.385 e. The van der Waals surface area contributed by atoms with E-state index in [2.05, 4.69) is 45.5 Å². The minimum atomic E-state index is -0.119. The summed E-state index contributed by atoms with van der Waals surface area (Å²) in [4.78, 5) is 18.6. The predicted octanol–water partition coefficient (Wildman–Crippen LogP) is 4.91. The Morgan fingerprint density at radius 1 is 1.13 bits per heavy atom. The third-order valence-electron chi connectivity index (χ3n) is 4.94. The molecule has 0 aliphatic carbocycles. The summed E-state index contributed by atoms with van der Waals surface area (Å²) in [6.45, 7) is 4.05. The number of rotatable bonds is 8. The molecule has 6 nitrogen and oxygen atoms in total. The minimum absolute atomic E-state index is 0.119. The molecule has 1 amide bonds. The van der Waals surface area contributed by atoms with Gasteiger partial charge in [-0.05, 0) is 49.9 Å². The highest BCUT2D eigenvalue weighted by Crippen LogP contribution is 2.18. The number of amides is 1. The number of hydrogen-bond donors (Lipinski definition) is 1. The SMILES string of the molecule is COCCCCn1cccc1C(=O)Nc1nccs1.c1ccc(N2CCCC2)cc1. The summed E-state index contributed by atoms with van der Waals surface area (Å²) >= 11 is 1.41. The van der Waals surface area contributed by atoms with E-state index in [1.807, 2.05) is 28.3 Å². The maximum Gasteiger partial charge on any atom is 0.274 e. The molecule has 0 radical (unpaired) electrons. The van der Waals surface area contributed by atoms with Gasteiger partial charge in [0.25, 0.3) is 5.91 Å². The molecule has 0 saturated carbocycles. The molecular formula is C23H30N4O2S. The highest BCUT2D eigenvalue weighted by Gasteiger charge is 2.12. The first kappa shape index (κ1) is 22.1. The van der Waals surface area contributed by atoms with E-state index in [0.717, 1.165) is 26.0 Å².